The summed E-state index contributed by atoms with van der Waals surface area (Å²) in [6.45, 7) is 3.98. The fraction of sp³-hybridized carbons (Fsp3) is 0.412. The van der Waals surface area contributed by atoms with Crippen LogP contribution in [0.3, 0.4) is 0 Å². The van der Waals surface area contributed by atoms with E-state index in [4.69, 9.17) is 9.47 Å². The van der Waals surface area contributed by atoms with Gasteiger partial charge in [-0.2, -0.15) is 0 Å². The Balaban J connectivity index is 2.42. The van der Waals surface area contributed by atoms with Crippen molar-refractivity contribution in [3.8, 4) is 0 Å². The van der Waals surface area contributed by atoms with Crippen molar-refractivity contribution in [2.45, 2.75) is 38.8 Å². The van der Waals surface area contributed by atoms with Crippen LogP contribution in [0.1, 0.15) is 38.7 Å². The number of esters is 2. The van der Waals surface area contributed by atoms with Gasteiger partial charge >= 0.3 is 17.7 Å². The Hall–Kier alpha value is -1.82. The van der Waals surface area contributed by atoms with Gasteiger partial charge in [0.05, 0.1) is 6.61 Å². The molecular weight excluding hydrogens is 362 g/mol. The second-order valence-electron chi connectivity index (χ2n) is 5.23. The molecule has 1 aliphatic heterocycles. The first-order valence-electron chi connectivity index (χ1n) is 7.66. The number of hydrogen-bond donors (Lipinski definition) is 1. The van der Waals surface area contributed by atoms with Crippen LogP contribution in [0, 0.1) is 0 Å². The van der Waals surface area contributed by atoms with Crippen LogP contribution in [-0.2, 0) is 24.8 Å². The fourth-order valence-corrected chi connectivity index (χ4v) is 2.64. The lowest BCUT2D eigenvalue weighted by molar-refractivity contribution is -0.187. The van der Waals surface area contributed by atoms with Crippen molar-refractivity contribution >= 4 is 27.9 Å². The number of cyclic esters (lactones) is 1. The molecule has 0 fully saturated rings. The average Bonchev–Trinajstić information content (AvgIpc) is 2.53. The molecule has 6 heteroatoms. The highest BCUT2D eigenvalue weighted by atomic mass is 79.9. The summed E-state index contributed by atoms with van der Waals surface area (Å²) < 4.78 is 11.4. The quantitative estimate of drug-likeness (QED) is 0.765. The summed E-state index contributed by atoms with van der Waals surface area (Å²) in [5.41, 5.74) is -0.431. The zero-order valence-corrected chi connectivity index (χ0v) is 14.8. The van der Waals surface area contributed by atoms with Crippen LogP contribution in [0.2, 0.25) is 0 Å². The van der Waals surface area contributed by atoms with Crippen LogP contribution >= 0.6 is 15.9 Å². The molecule has 124 valence electrons. The maximum absolute atomic E-state index is 12.6. The van der Waals surface area contributed by atoms with Crippen LogP contribution in [0.25, 0.3) is 0 Å². The average molecular weight is 382 g/mol. The molecule has 1 atom stereocenters. The molecule has 0 aromatic heterocycles. The first-order valence-corrected chi connectivity index (χ1v) is 8.46. The molecule has 0 aliphatic carbocycles. The predicted molar refractivity (Wildman–Crippen MR) is 89.3 cm³/mol. The van der Waals surface area contributed by atoms with Gasteiger partial charge in [0.1, 0.15) is 0 Å². The van der Waals surface area contributed by atoms with E-state index in [9.17, 15) is 9.59 Å². The Kier molecular flexibility index (Phi) is 5.82. The first kappa shape index (κ1) is 17.5. The minimum atomic E-state index is -1.63. The van der Waals surface area contributed by atoms with Crippen molar-refractivity contribution in [1.29, 1.82) is 0 Å². The molecule has 1 aromatic rings. The van der Waals surface area contributed by atoms with Crippen LogP contribution in [-0.4, -0.2) is 18.5 Å². The molecule has 0 saturated heterocycles. The minimum Gasteiger partial charge on any atom is -0.461 e. The largest absolute Gasteiger partial charge is 0.461 e. The van der Waals surface area contributed by atoms with E-state index < -0.39 is 17.7 Å². The summed E-state index contributed by atoms with van der Waals surface area (Å²) in [6, 6.07) is 7.03. The molecule has 0 spiro atoms. The van der Waals surface area contributed by atoms with Crippen molar-refractivity contribution in [2.24, 2.45) is 0 Å². The van der Waals surface area contributed by atoms with Gasteiger partial charge < -0.3 is 14.8 Å². The number of benzene rings is 1. The van der Waals surface area contributed by atoms with Gasteiger partial charge in [-0.05, 0) is 31.9 Å². The number of hydrogen-bond acceptors (Lipinski definition) is 5. The molecule has 0 unspecified atom stereocenters. The maximum atomic E-state index is 12.6. The lowest BCUT2D eigenvalue weighted by atomic mass is 9.99. The van der Waals surface area contributed by atoms with Crippen LogP contribution in [0.4, 0.5) is 0 Å². The fourth-order valence-electron chi connectivity index (χ4n) is 2.37. The second kappa shape index (κ2) is 7.64. The molecule has 1 aliphatic rings. The standard InChI is InChI=1S/C17H20BrNO4/c1-3-5-6-14-11-15(20)23-17(19-14,16(21)22-4-2)12-7-9-13(18)10-8-12/h7-11,19H,3-6H2,1-2H3/t17-/m1/s1. The predicted octanol–water partition coefficient (Wildman–Crippen LogP) is 3.39. The molecule has 0 radical (unpaired) electrons. The molecule has 1 N–H and O–H groups in total. The number of rotatable bonds is 6. The van der Waals surface area contributed by atoms with Gasteiger partial charge in [-0.3, -0.25) is 0 Å². The Morgan fingerprint density at radius 3 is 2.61 bits per heavy atom. The van der Waals surface area contributed by atoms with E-state index in [0.717, 1.165) is 17.3 Å². The SMILES string of the molecule is CCCCC1=CC(=O)O[C@@](C(=O)OCC)(c2ccc(Br)cc2)N1. The molecule has 0 saturated carbocycles. The molecule has 23 heavy (non-hydrogen) atoms. The lowest BCUT2D eigenvalue weighted by Gasteiger charge is -2.36. The highest BCUT2D eigenvalue weighted by Gasteiger charge is 2.48. The second-order valence-corrected chi connectivity index (χ2v) is 6.14. The van der Waals surface area contributed by atoms with Crippen LogP contribution in [0.5, 0.6) is 0 Å². The molecular formula is C17H20BrNO4. The van der Waals surface area contributed by atoms with E-state index in [1.54, 1.807) is 31.2 Å². The Bertz CT molecular complexity index is 612. The number of halogens is 1. The summed E-state index contributed by atoms with van der Waals surface area (Å²) >= 11 is 3.36. The van der Waals surface area contributed by atoms with Gasteiger partial charge in [0.25, 0.3) is 0 Å². The van der Waals surface area contributed by atoms with E-state index >= 15 is 0 Å². The summed E-state index contributed by atoms with van der Waals surface area (Å²) in [6.07, 6.45) is 3.96. The molecule has 0 bridgehead atoms. The molecule has 1 aromatic carbocycles. The van der Waals surface area contributed by atoms with E-state index in [1.807, 2.05) is 0 Å². The molecule has 0 amide bonds. The van der Waals surface area contributed by atoms with Crippen LogP contribution < -0.4 is 5.32 Å². The molecule has 2 rings (SSSR count). The Morgan fingerprint density at radius 1 is 1.30 bits per heavy atom. The highest BCUT2D eigenvalue weighted by Crippen LogP contribution is 2.31. The lowest BCUT2D eigenvalue weighted by Crippen LogP contribution is -2.55. The molecule has 1 heterocycles. The number of nitrogens with one attached hydrogen (secondary N) is 1. The van der Waals surface area contributed by atoms with Gasteiger partial charge in [-0.15, -0.1) is 0 Å². The Labute approximate surface area is 144 Å². The van der Waals surface area contributed by atoms with Gasteiger partial charge in [0, 0.05) is 21.8 Å². The highest BCUT2D eigenvalue weighted by molar-refractivity contribution is 9.10. The minimum absolute atomic E-state index is 0.199. The van der Waals surface area contributed by atoms with Crippen molar-refractivity contribution < 1.29 is 19.1 Å². The smallest absolute Gasteiger partial charge is 0.377 e. The van der Waals surface area contributed by atoms with Crippen molar-refractivity contribution in [2.75, 3.05) is 6.61 Å². The topological polar surface area (TPSA) is 64.6 Å². The van der Waals surface area contributed by atoms with Crippen LogP contribution in [0.15, 0.2) is 40.5 Å². The van der Waals surface area contributed by atoms with Crippen molar-refractivity contribution in [3.05, 3.63) is 46.1 Å². The van der Waals surface area contributed by atoms with E-state index in [2.05, 4.69) is 28.2 Å². The van der Waals surface area contributed by atoms with Gasteiger partial charge in [-0.25, -0.2) is 9.59 Å². The number of unbranched alkanes of at least 4 members (excludes halogenated alkanes) is 1. The normalized spacial score (nSPS) is 20.3. The zero-order valence-electron chi connectivity index (χ0n) is 13.2. The summed E-state index contributed by atoms with van der Waals surface area (Å²) in [7, 11) is 0. The number of carbonyl (C=O) groups excluding carboxylic acids is 2. The third kappa shape index (κ3) is 3.93. The Morgan fingerprint density at radius 2 is 2.00 bits per heavy atom. The maximum Gasteiger partial charge on any atom is 0.377 e. The van der Waals surface area contributed by atoms with Gasteiger partial charge in [-0.1, -0.05) is 41.4 Å². The van der Waals surface area contributed by atoms with Gasteiger partial charge in [0.15, 0.2) is 0 Å². The van der Waals surface area contributed by atoms with Crippen molar-refractivity contribution in [1.82, 2.24) is 5.32 Å². The summed E-state index contributed by atoms with van der Waals surface area (Å²) in [5.74, 6) is -1.18. The van der Waals surface area contributed by atoms with E-state index in [1.165, 1.54) is 6.08 Å². The number of carbonyl (C=O) groups is 2. The first-order chi connectivity index (χ1) is 11.0. The zero-order chi connectivity index (χ0) is 16.9. The third-order valence-corrected chi connectivity index (χ3v) is 4.02. The number of ether oxygens (including phenoxy) is 2. The van der Waals surface area contributed by atoms with Gasteiger partial charge in [0.2, 0.25) is 0 Å². The third-order valence-electron chi connectivity index (χ3n) is 3.50. The van der Waals surface area contributed by atoms with E-state index in [0.29, 0.717) is 17.7 Å². The van der Waals surface area contributed by atoms with E-state index in [-0.39, 0.29) is 6.61 Å². The monoisotopic (exact) mass is 381 g/mol. The summed E-state index contributed by atoms with van der Waals surface area (Å²) in [5, 5.41) is 3.08. The molecule has 5 nitrogen and oxygen atoms in total. The summed E-state index contributed by atoms with van der Waals surface area (Å²) in [4.78, 5) is 24.6. The number of allylic oxidation sites excluding steroid dienone is 1. The van der Waals surface area contributed by atoms with Crippen molar-refractivity contribution in [3.63, 3.8) is 0 Å².